The minimum absolute atomic E-state index is 0.0902. The van der Waals surface area contributed by atoms with Crippen molar-refractivity contribution in [3.8, 4) is 0 Å². The Morgan fingerprint density at radius 3 is 2.81 bits per heavy atom. The number of carbonyl (C=O) groups excluding carboxylic acids is 1. The topological polar surface area (TPSA) is 39.2 Å². The van der Waals surface area contributed by atoms with E-state index in [2.05, 4.69) is 9.72 Å². The molecule has 1 aromatic carbocycles. The van der Waals surface area contributed by atoms with Crippen LogP contribution in [0, 0.1) is 0 Å². The normalized spacial score (nSPS) is 10.4. The number of hydrogen-bond donors (Lipinski definition) is 0. The average molecular weight is 256 g/mol. The Hall–Kier alpha value is -1.32. The quantitative estimate of drug-likeness (QED) is 0.580. The van der Waals surface area contributed by atoms with Crippen LogP contribution in [0.5, 0.6) is 0 Å². The number of fused-ring (bicyclic) bond motifs is 1. The minimum Gasteiger partial charge on any atom is -0.465 e. The van der Waals surface area contributed by atoms with Crippen molar-refractivity contribution in [3.05, 3.63) is 40.1 Å². The molecule has 2 aromatic rings. The number of pyridine rings is 1. The van der Waals surface area contributed by atoms with Crippen molar-refractivity contribution in [2.24, 2.45) is 0 Å². The van der Waals surface area contributed by atoms with E-state index in [4.69, 9.17) is 23.2 Å². The molecule has 2 rings (SSSR count). The lowest BCUT2D eigenvalue weighted by atomic mass is 10.1. The van der Waals surface area contributed by atoms with Crippen LogP contribution >= 0.6 is 23.2 Å². The summed E-state index contributed by atoms with van der Waals surface area (Å²) in [6.07, 6.45) is 1.57. The number of carbonyl (C=O) groups is 1. The molecule has 82 valence electrons. The van der Waals surface area contributed by atoms with Gasteiger partial charge in [0, 0.05) is 22.0 Å². The lowest BCUT2D eigenvalue weighted by Gasteiger charge is -2.07. The molecule has 0 saturated heterocycles. The van der Waals surface area contributed by atoms with Crippen molar-refractivity contribution in [2.75, 3.05) is 7.11 Å². The summed E-state index contributed by atoms with van der Waals surface area (Å²) in [4.78, 5) is 15.5. The second kappa shape index (κ2) is 4.28. The number of hydrogen-bond acceptors (Lipinski definition) is 3. The zero-order valence-corrected chi connectivity index (χ0v) is 9.84. The molecule has 0 aliphatic rings. The fourth-order valence-electron chi connectivity index (χ4n) is 1.49. The van der Waals surface area contributed by atoms with Crippen LogP contribution in [0.25, 0.3) is 10.8 Å². The lowest BCUT2D eigenvalue weighted by molar-refractivity contribution is 0.0603. The molecule has 0 aliphatic carbocycles. The summed E-state index contributed by atoms with van der Waals surface area (Å²) in [7, 11) is 1.29. The number of nitrogens with zero attached hydrogens (tertiary/aromatic N) is 1. The first-order chi connectivity index (χ1) is 7.65. The summed E-state index contributed by atoms with van der Waals surface area (Å²) >= 11 is 11.9. The average Bonchev–Trinajstić information content (AvgIpc) is 2.29. The molecule has 0 spiro atoms. The maximum atomic E-state index is 11.6. The van der Waals surface area contributed by atoms with Crippen molar-refractivity contribution in [1.82, 2.24) is 4.98 Å². The summed E-state index contributed by atoms with van der Waals surface area (Å²) in [5.41, 5.74) is 0.201. The van der Waals surface area contributed by atoms with Crippen molar-refractivity contribution < 1.29 is 9.53 Å². The highest BCUT2D eigenvalue weighted by molar-refractivity contribution is 6.39. The highest BCUT2D eigenvalue weighted by atomic mass is 35.5. The number of esters is 1. The third-order valence-corrected chi connectivity index (χ3v) is 2.81. The Morgan fingerprint density at radius 1 is 1.38 bits per heavy atom. The molecule has 1 heterocycles. The Labute approximate surface area is 102 Å². The maximum absolute atomic E-state index is 11.6. The van der Waals surface area contributed by atoms with Gasteiger partial charge in [-0.15, -0.1) is 0 Å². The molecular formula is C11H7Cl2NO2. The lowest BCUT2D eigenvalue weighted by Crippen LogP contribution is -2.04. The summed E-state index contributed by atoms with van der Waals surface area (Å²) in [5, 5.41) is 1.85. The number of ether oxygens (including phenoxy) is 1. The molecule has 0 bridgehead atoms. The third kappa shape index (κ3) is 1.72. The van der Waals surface area contributed by atoms with Gasteiger partial charge in [0.05, 0.1) is 7.11 Å². The van der Waals surface area contributed by atoms with Gasteiger partial charge in [0.1, 0.15) is 10.7 Å². The van der Waals surface area contributed by atoms with Crippen molar-refractivity contribution in [3.63, 3.8) is 0 Å². The number of benzene rings is 1. The van der Waals surface area contributed by atoms with E-state index in [9.17, 15) is 4.79 Å². The van der Waals surface area contributed by atoms with Gasteiger partial charge in [0.2, 0.25) is 0 Å². The molecule has 0 atom stereocenters. The van der Waals surface area contributed by atoms with Gasteiger partial charge in [-0.1, -0.05) is 35.3 Å². The van der Waals surface area contributed by atoms with E-state index in [0.717, 1.165) is 5.39 Å². The smallest absolute Gasteiger partial charge is 0.341 e. The predicted octanol–water partition coefficient (Wildman–Crippen LogP) is 3.33. The van der Waals surface area contributed by atoms with Crippen molar-refractivity contribution in [1.29, 1.82) is 0 Å². The van der Waals surface area contributed by atoms with Gasteiger partial charge in [-0.2, -0.15) is 0 Å². The third-order valence-electron chi connectivity index (χ3n) is 2.21. The zero-order valence-electron chi connectivity index (χ0n) is 8.33. The van der Waals surface area contributed by atoms with E-state index < -0.39 is 5.97 Å². The van der Waals surface area contributed by atoms with E-state index in [0.29, 0.717) is 10.4 Å². The largest absolute Gasteiger partial charge is 0.465 e. The highest BCUT2D eigenvalue weighted by Gasteiger charge is 2.18. The standard InChI is InChI=1S/C11H7Cl2NO2/c1-16-11(15)9-8-6(5-14-10(9)13)3-2-4-7(8)12/h2-5H,1H3. The summed E-state index contributed by atoms with van der Waals surface area (Å²) in [6.45, 7) is 0. The van der Waals surface area contributed by atoms with Gasteiger partial charge < -0.3 is 4.74 Å². The van der Waals surface area contributed by atoms with E-state index in [1.165, 1.54) is 7.11 Å². The molecule has 0 unspecified atom stereocenters. The molecule has 0 N–H and O–H groups in total. The maximum Gasteiger partial charge on any atom is 0.341 e. The molecule has 0 amide bonds. The van der Waals surface area contributed by atoms with Crippen LogP contribution in [-0.2, 0) is 4.74 Å². The van der Waals surface area contributed by atoms with Crippen LogP contribution in [0.2, 0.25) is 10.2 Å². The van der Waals surface area contributed by atoms with Gasteiger partial charge in [0.25, 0.3) is 0 Å². The highest BCUT2D eigenvalue weighted by Crippen LogP contribution is 2.30. The van der Waals surface area contributed by atoms with E-state index in [1.807, 2.05) is 0 Å². The SMILES string of the molecule is COC(=O)c1c(Cl)ncc2cccc(Cl)c12. The molecule has 16 heavy (non-hydrogen) atoms. The summed E-state index contributed by atoms with van der Waals surface area (Å²) in [6, 6.07) is 5.27. The first-order valence-corrected chi connectivity index (χ1v) is 5.21. The second-order valence-corrected chi connectivity index (χ2v) is 3.88. The summed E-state index contributed by atoms with van der Waals surface area (Å²) < 4.78 is 4.66. The zero-order chi connectivity index (χ0) is 11.7. The van der Waals surface area contributed by atoms with E-state index in [-0.39, 0.29) is 10.7 Å². The Bertz CT molecular complexity index is 569. The van der Waals surface area contributed by atoms with E-state index in [1.54, 1.807) is 24.4 Å². The molecule has 0 aliphatic heterocycles. The van der Waals surface area contributed by atoms with Gasteiger partial charge in [-0.3, -0.25) is 0 Å². The van der Waals surface area contributed by atoms with Crippen molar-refractivity contribution >= 4 is 39.9 Å². The minimum atomic E-state index is -0.545. The van der Waals surface area contributed by atoms with Gasteiger partial charge in [-0.05, 0) is 6.07 Å². The van der Waals surface area contributed by atoms with Crippen LogP contribution in [0.1, 0.15) is 10.4 Å². The number of aromatic nitrogens is 1. The molecule has 1 aromatic heterocycles. The molecule has 0 saturated carbocycles. The molecule has 0 radical (unpaired) electrons. The monoisotopic (exact) mass is 255 g/mol. The van der Waals surface area contributed by atoms with Crippen LogP contribution in [0.15, 0.2) is 24.4 Å². The van der Waals surface area contributed by atoms with Gasteiger partial charge in [-0.25, -0.2) is 9.78 Å². The Kier molecular flexibility index (Phi) is 2.99. The summed E-state index contributed by atoms with van der Waals surface area (Å²) in [5.74, 6) is -0.545. The van der Waals surface area contributed by atoms with Gasteiger partial charge in [0.15, 0.2) is 0 Å². The molecular weight excluding hydrogens is 249 g/mol. The van der Waals surface area contributed by atoms with Crippen LogP contribution in [0.4, 0.5) is 0 Å². The van der Waals surface area contributed by atoms with Crippen LogP contribution in [0.3, 0.4) is 0 Å². The number of rotatable bonds is 1. The van der Waals surface area contributed by atoms with Crippen LogP contribution in [-0.4, -0.2) is 18.1 Å². The second-order valence-electron chi connectivity index (χ2n) is 3.12. The molecule has 3 nitrogen and oxygen atoms in total. The molecule has 0 fully saturated rings. The predicted molar refractivity (Wildman–Crippen MR) is 63.1 cm³/mol. The Balaban J connectivity index is 2.88. The first-order valence-electron chi connectivity index (χ1n) is 4.46. The van der Waals surface area contributed by atoms with Crippen LogP contribution < -0.4 is 0 Å². The fourth-order valence-corrected chi connectivity index (χ4v) is 1.99. The van der Waals surface area contributed by atoms with Crippen molar-refractivity contribution in [2.45, 2.75) is 0 Å². The number of halogens is 2. The first kappa shape index (κ1) is 11.2. The number of methoxy groups -OCH3 is 1. The Morgan fingerprint density at radius 2 is 2.12 bits per heavy atom. The molecule has 5 heteroatoms. The fraction of sp³-hybridized carbons (Fsp3) is 0.0909. The van der Waals surface area contributed by atoms with E-state index >= 15 is 0 Å². The van der Waals surface area contributed by atoms with Gasteiger partial charge >= 0.3 is 5.97 Å².